The lowest BCUT2D eigenvalue weighted by atomic mass is 10.0. The Labute approximate surface area is 178 Å². The quantitative estimate of drug-likeness (QED) is 0.435. The third kappa shape index (κ3) is 4.33. The summed E-state index contributed by atoms with van der Waals surface area (Å²) < 4.78 is 2.78. The summed E-state index contributed by atoms with van der Waals surface area (Å²) in [4.78, 5) is 19.7. The Morgan fingerprint density at radius 1 is 1.17 bits per heavy atom. The number of hydrogen-bond donors (Lipinski definition) is 0. The predicted molar refractivity (Wildman–Crippen MR) is 119 cm³/mol. The highest BCUT2D eigenvalue weighted by molar-refractivity contribution is 7.22. The summed E-state index contributed by atoms with van der Waals surface area (Å²) >= 11 is 7.78. The van der Waals surface area contributed by atoms with E-state index in [0.29, 0.717) is 29.7 Å². The molecule has 0 aliphatic heterocycles. The molecule has 5 nitrogen and oxygen atoms in total. The van der Waals surface area contributed by atoms with Crippen LogP contribution in [0.3, 0.4) is 0 Å². The van der Waals surface area contributed by atoms with Crippen LogP contribution in [0.25, 0.3) is 10.2 Å². The zero-order valence-electron chi connectivity index (χ0n) is 16.3. The summed E-state index contributed by atoms with van der Waals surface area (Å²) in [6, 6.07) is 13.7. The Morgan fingerprint density at radius 2 is 2.03 bits per heavy atom. The molecule has 29 heavy (non-hydrogen) atoms. The van der Waals surface area contributed by atoms with Gasteiger partial charge in [-0.25, -0.2) is 4.98 Å². The molecular weight excluding hydrogens is 404 g/mol. The molecule has 0 unspecified atom stereocenters. The standard InChI is InChI=1S/C22H21ClN4OS/c1-15-7-8-17(13-16(15)2)14-20(28)27(12-11-26-10-4-9-24-26)22-25-21-18(23)5-3-6-19(21)29-22/h3-10,13H,11-12,14H2,1-2H3. The largest absolute Gasteiger partial charge is 0.286 e. The van der Waals surface area contributed by atoms with Crippen molar-refractivity contribution in [2.45, 2.75) is 26.8 Å². The topological polar surface area (TPSA) is 51.0 Å². The molecule has 0 radical (unpaired) electrons. The highest BCUT2D eigenvalue weighted by Gasteiger charge is 2.21. The lowest BCUT2D eigenvalue weighted by Gasteiger charge is -2.20. The molecule has 4 aromatic rings. The van der Waals surface area contributed by atoms with Gasteiger partial charge in [0.15, 0.2) is 5.13 Å². The van der Waals surface area contributed by atoms with E-state index in [-0.39, 0.29) is 5.91 Å². The van der Waals surface area contributed by atoms with Gasteiger partial charge in [-0.1, -0.05) is 47.2 Å². The molecule has 0 saturated heterocycles. The van der Waals surface area contributed by atoms with Crippen molar-refractivity contribution in [3.8, 4) is 0 Å². The van der Waals surface area contributed by atoms with Gasteiger partial charge >= 0.3 is 0 Å². The fourth-order valence-electron chi connectivity index (χ4n) is 3.16. The third-order valence-corrected chi connectivity index (χ3v) is 6.28. The van der Waals surface area contributed by atoms with E-state index >= 15 is 0 Å². The van der Waals surface area contributed by atoms with E-state index in [1.165, 1.54) is 22.5 Å². The van der Waals surface area contributed by atoms with Crippen molar-refractivity contribution < 1.29 is 4.79 Å². The van der Waals surface area contributed by atoms with E-state index in [1.54, 1.807) is 11.1 Å². The maximum atomic E-state index is 13.3. The zero-order chi connectivity index (χ0) is 20.4. The van der Waals surface area contributed by atoms with E-state index in [0.717, 1.165) is 15.8 Å². The number of thiazole rings is 1. The van der Waals surface area contributed by atoms with Crippen molar-refractivity contribution in [1.82, 2.24) is 14.8 Å². The van der Waals surface area contributed by atoms with Crippen molar-refractivity contribution in [2.24, 2.45) is 0 Å². The molecule has 148 valence electrons. The maximum absolute atomic E-state index is 13.3. The number of para-hydroxylation sites is 1. The predicted octanol–water partition coefficient (Wildman–Crippen LogP) is 5.04. The minimum Gasteiger partial charge on any atom is -0.286 e. The van der Waals surface area contributed by atoms with E-state index in [1.807, 2.05) is 41.2 Å². The van der Waals surface area contributed by atoms with Crippen LogP contribution in [-0.2, 0) is 17.8 Å². The number of aryl methyl sites for hydroxylation is 2. The van der Waals surface area contributed by atoms with Gasteiger partial charge in [-0.05, 0) is 48.7 Å². The first-order valence-corrected chi connectivity index (χ1v) is 10.6. The normalized spacial score (nSPS) is 11.1. The molecule has 2 heterocycles. The molecule has 0 aliphatic rings. The van der Waals surface area contributed by atoms with Crippen molar-refractivity contribution in [3.05, 3.63) is 76.6 Å². The number of benzene rings is 2. The van der Waals surface area contributed by atoms with Gasteiger partial charge in [0.1, 0.15) is 5.52 Å². The fraction of sp³-hybridized carbons (Fsp3) is 0.227. The number of carbonyl (C=O) groups excluding carboxylic acids is 1. The molecular formula is C22H21ClN4OS. The van der Waals surface area contributed by atoms with Crippen LogP contribution in [0.15, 0.2) is 54.9 Å². The average molecular weight is 425 g/mol. The minimum absolute atomic E-state index is 0.00980. The summed E-state index contributed by atoms with van der Waals surface area (Å²) in [5.41, 5.74) is 4.14. The van der Waals surface area contributed by atoms with Crippen LogP contribution in [0.2, 0.25) is 5.02 Å². The Morgan fingerprint density at radius 3 is 2.76 bits per heavy atom. The number of amides is 1. The van der Waals surface area contributed by atoms with Crippen LogP contribution >= 0.6 is 22.9 Å². The summed E-state index contributed by atoms with van der Waals surface area (Å²) in [6.45, 7) is 5.22. The molecule has 0 atom stereocenters. The molecule has 0 bridgehead atoms. The number of fused-ring (bicyclic) bond motifs is 1. The van der Waals surface area contributed by atoms with Crippen molar-refractivity contribution >= 4 is 44.2 Å². The van der Waals surface area contributed by atoms with Crippen LogP contribution in [0.5, 0.6) is 0 Å². The molecule has 0 fully saturated rings. The smallest absolute Gasteiger partial charge is 0.233 e. The summed E-state index contributed by atoms with van der Waals surface area (Å²) in [5, 5.41) is 5.50. The highest BCUT2D eigenvalue weighted by Crippen LogP contribution is 2.33. The van der Waals surface area contributed by atoms with E-state index in [2.05, 4.69) is 36.1 Å². The van der Waals surface area contributed by atoms with Crippen LogP contribution in [0.4, 0.5) is 5.13 Å². The van der Waals surface area contributed by atoms with Crippen molar-refractivity contribution in [2.75, 3.05) is 11.4 Å². The fourth-order valence-corrected chi connectivity index (χ4v) is 4.47. The van der Waals surface area contributed by atoms with Crippen molar-refractivity contribution in [1.29, 1.82) is 0 Å². The van der Waals surface area contributed by atoms with Gasteiger partial charge in [0.05, 0.1) is 22.7 Å². The lowest BCUT2D eigenvalue weighted by Crippen LogP contribution is -2.35. The third-order valence-electron chi connectivity index (χ3n) is 4.93. The van der Waals surface area contributed by atoms with E-state index < -0.39 is 0 Å². The molecule has 1 amide bonds. The van der Waals surface area contributed by atoms with Gasteiger partial charge in [0.2, 0.25) is 5.91 Å². The van der Waals surface area contributed by atoms with Gasteiger partial charge in [-0.3, -0.25) is 14.4 Å². The van der Waals surface area contributed by atoms with Gasteiger partial charge in [0.25, 0.3) is 0 Å². The molecule has 7 heteroatoms. The molecule has 0 aliphatic carbocycles. The van der Waals surface area contributed by atoms with Crippen molar-refractivity contribution in [3.63, 3.8) is 0 Å². The number of carbonyl (C=O) groups is 1. The monoisotopic (exact) mass is 424 g/mol. The van der Waals surface area contributed by atoms with Gasteiger partial charge < -0.3 is 0 Å². The Balaban J connectivity index is 1.63. The first-order valence-electron chi connectivity index (χ1n) is 9.40. The summed E-state index contributed by atoms with van der Waals surface area (Å²) in [5.74, 6) is 0.00980. The first-order chi connectivity index (χ1) is 14.0. The average Bonchev–Trinajstić information content (AvgIpc) is 3.35. The highest BCUT2D eigenvalue weighted by atomic mass is 35.5. The van der Waals surface area contributed by atoms with Crippen LogP contribution < -0.4 is 4.90 Å². The van der Waals surface area contributed by atoms with Crippen LogP contribution in [0.1, 0.15) is 16.7 Å². The number of rotatable bonds is 6. The number of aromatic nitrogens is 3. The SMILES string of the molecule is Cc1ccc(CC(=O)N(CCn2cccn2)c2nc3c(Cl)cccc3s2)cc1C. The molecule has 0 spiro atoms. The molecule has 4 rings (SSSR count). The summed E-state index contributed by atoms with van der Waals surface area (Å²) in [7, 11) is 0. The number of hydrogen-bond acceptors (Lipinski definition) is 4. The Kier molecular flexibility index (Phi) is 5.65. The number of halogens is 1. The molecule has 0 N–H and O–H groups in total. The van der Waals surface area contributed by atoms with E-state index in [4.69, 9.17) is 11.6 Å². The molecule has 2 aromatic carbocycles. The van der Waals surface area contributed by atoms with Gasteiger partial charge in [-0.15, -0.1) is 0 Å². The number of nitrogens with zero attached hydrogens (tertiary/aromatic N) is 4. The minimum atomic E-state index is 0.00980. The Hall–Kier alpha value is -2.70. The van der Waals surface area contributed by atoms with Crippen LogP contribution in [-0.4, -0.2) is 27.2 Å². The van der Waals surface area contributed by atoms with Gasteiger partial charge in [0, 0.05) is 18.9 Å². The second kappa shape index (κ2) is 8.35. The zero-order valence-corrected chi connectivity index (χ0v) is 17.9. The Bertz CT molecular complexity index is 1150. The van der Waals surface area contributed by atoms with Gasteiger partial charge in [-0.2, -0.15) is 5.10 Å². The maximum Gasteiger partial charge on any atom is 0.233 e. The number of anilines is 1. The molecule has 2 aromatic heterocycles. The second-order valence-electron chi connectivity index (χ2n) is 6.99. The first kappa shape index (κ1) is 19.6. The lowest BCUT2D eigenvalue weighted by molar-refractivity contribution is -0.118. The summed E-state index contributed by atoms with van der Waals surface area (Å²) in [6.07, 6.45) is 3.95. The molecule has 0 saturated carbocycles. The second-order valence-corrected chi connectivity index (χ2v) is 8.41. The van der Waals surface area contributed by atoms with E-state index in [9.17, 15) is 4.79 Å². The van der Waals surface area contributed by atoms with Crippen LogP contribution in [0, 0.1) is 13.8 Å².